The molecule has 1 fully saturated rings. The number of likely N-dealkylation sites (tertiary alicyclic amines) is 1. The molecule has 0 aliphatic carbocycles. The first-order valence-corrected chi connectivity index (χ1v) is 15.5. The number of carbonyl (C=O) groups excluding carboxylic acids is 4. The molecule has 1 aromatic carbocycles. The minimum atomic E-state index is -1.21. The lowest BCUT2D eigenvalue weighted by Gasteiger charge is -2.32. The van der Waals surface area contributed by atoms with Crippen molar-refractivity contribution in [1.82, 2.24) is 20.9 Å². The fraction of sp³-hybridized carbons (Fsp3) is 0.613. The minimum Gasteiger partial charge on any atom is -0.480 e. The molecule has 250 valence electrons. The Morgan fingerprint density at radius 1 is 0.978 bits per heavy atom. The second kappa shape index (κ2) is 17.9. The van der Waals surface area contributed by atoms with Crippen LogP contribution < -0.4 is 33.2 Å². The number of guanidine groups is 1. The van der Waals surface area contributed by atoms with Gasteiger partial charge in [-0.1, -0.05) is 58.0 Å². The monoisotopic (exact) mass is 630 g/mol. The number of benzene rings is 1. The van der Waals surface area contributed by atoms with Gasteiger partial charge in [0.2, 0.25) is 23.6 Å². The summed E-state index contributed by atoms with van der Waals surface area (Å²) in [7, 11) is 0. The molecule has 0 aromatic heterocycles. The Labute approximate surface area is 264 Å². The number of hydrogen-bond acceptors (Lipinski definition) is 7. The topological polar surface area (TPSA) is 235 Å². The summed E-state index contributed by atoms with van der Waals surface area (Å²) in [6, 6.07) is 4.29. The first-order valence-electron chi connectivity index (χ1n) is 15.5. The predicted molar refractivity (Wildman–Crippen MR) is 170 cm³/mol. The van der Waals surface area contributed by atoms with E-state index in [4.69, 9.17) is 17.2 Å². The van der Waals surface area contributed by atoms with Crippen molar-refractivity contribution in [1.29, 1.82) is 0 Å². The molecule has 1 saturated heterocycles. The number of aliphatic imine (C=N–C) groups is 1. The molecule has 1 aliphatic rings. The Balaban J connectivity index is 2.18. The fourth-order valence-corrected chi connectivity index (χ4v) is 5.23. The molecule has 10 N–H and O–H groups in total. The van der Waals surface area contributed by atoms with E-state index >= 15 is 0 Å². The van der Waals surface area contributed by atoms with Crippen molar-refractivity contribution in [2.24, 2.45) is 34.0 Å². The van der Waals surface area contributed by atoms with E-state index in [1.165, 1.54) is 4.90 Å². The zero-order valence-electron chi connectivity index (χ0n) is 26.7. The van der Waals surface area contributed by atoms with Crippen LogP contribution in [0.5, 0.6) is 0 Å². The minimum absolute atomic E-state index is 0.0958. The van der Waals surface area contributed by atoms with Gasteiger partial charge in [-0.25, -0.2) is 4.79 Å². The average molecular weight is 631 g/mol. The van der Waals surface area contributed by atoms with Crippen molar-refractivity contribution < 1.29 is 29.1 Å². The molecule has 1 aliphatic heterocycles. The fourth-order valence-electron chi connectivity index (χ4n) is 5.23. The number of rotatable bonds is 17. The third-order valence-electron chi connectivity index (χ3n) is 7.61. The van der Waals surface area contributed by atoms with Crippen LogP contribution >= 0.6 is 0 Å². The van der Waals surface area contributed by atoms with Crippen molar-refractivity contribution >= 4 is 35.6 Å². The molecule has 14 nitrogen and oxygen atoms in total. The highest BCUT2D eigenvalue weighted by Gasteiger charge is 2.40. The molecule has 1 heterocycles. The number of amides is 4. The number of carboxylic acid groups (broad SMARTS) is 1. The summed E-state index contributed by atoms with van der Waals surface area (Å²) >= 11 is 0. The van der Waals surface area contributed by atoms with Gasteiger partial charge < -0.3 is 43.2 Å². The molecule has 5 atom stereocenters. The Morgan fingerprint density at radius 3 is 2.22 bits per heavy atom. The lowest BCUT2D eigenvalue weighted by molar-refractivity contribution is -0.145. The van der Waals surface area contributed by atoms with E-state index in [0.29, 0.717) is 25.7 Å². The van der Waals surface area contributed by atoms with Gasteiger partial charge in [-0.2, -0.15) is 0 Å². The van der Waals surface area contributed by atoms with E-state index in [2.05, 4.69) is 20.9 Å². The largest absolute Gasteiger partial charge is 0.480 e. The van der Waals surface area contributed by atoms with Gasteiger partial charge in [0.15, 0.2) is 5.96 Å². The van der Waals surface area contributed by atoms with Crippen LogP contribution in [0.3, 0.4) is 0 Å². The summed E-state index contributed by atoms with van der Waals surface area (Å²) in [6.07, 6.45) is 1.92. The number of hydrogen-bond donors (Lipinski definition) is 7. The zero-order valence-corrected chi connectivity index (χ0v) is 26.7. The highest BCUT2D eigenvalue weighted by molar-refractivity contribution is 5.96. The molecule has 45 heavy (non-hydrogen) atoms. The summed E-state index contributed by atoms with van der Waals surface area (Å²) in [5.74, 6) is -3.57. The van der Waals surface area contributed by atoms with Gasteiger partial charge in [0.1, 0.15) is 24.2 Å². The van der Waals surface area contributed by atoms with Crippen LogP contribution in [0.1, 0.15) is 65.4 Å². The first-order chi connectivity index (χ1) is 21.2. The van der Waals surface area contributed by atoms with Crippen molar-refractivity contribution in [2.45, 2.75) is 96.4 Å². The summed E-state index contributed by atoms with van der Waals surface area (Å²) in [5, 5.41) is 17.8. The second-order valence-electron chi connectivity index (χ2n) is 12.3. The number of aliphatic carboxylic acids is 1. The predicted octanol–water partition coefficient (Wildman–Crippen LogP) is -0.158. The van der Waals surface area contributed by atoms with E-state index in [-0.39, 0.29) is 43.7 Å². The van der Waals surface area contributed by atoms with Crippen LogP contribution in [0.25, 0.3) is 0 Å². The highest BCUT2D eigenvalue weighted by atomic mass is 16.4. The van der Waals surface area contributed by atoms with Crippen molar-refractivity contribution in [3.8, 4) is 0 Å². The Kier molecular flexibility index (Phi) is 14.7. The molecule has 0 unspecified atom stereocenters. The van der Waals surface area contributed by atoms with Gasteiger partial charge in [0, 0.05) is 19.5 Å². The number of nitrogens with one attached hydrogen (secondary N) is 3. The summed E-state index contributed by atoms with van der Waals surface area (Å²) in [5.41, 5.74) is 17.5. The van der Waals surface area contributed by atoms with Gasteiger partial charge in [0.25, 0.3) is 0 Å². The average Bonchev–Trinajstić information content (AvgIpc) is 3.46. The maximum absolute atomic E-state index is 13.8. The number of nitrogens with zero attached hydrogens (tertiary/aromatic N) is 2. The van der Waals surface area contributed by atoms with Crippen LogP contribution in [-0.4, -0.2) is 88.9 Å². The van der Waals surface area contributed by atoms with Gasteiger partial charge in [0.05, 0.1) is 6.04 Å². The molecule has 0 radical (unpaired) electrons. The smallest absolute Gasteiger partial charge is 0.326 e. The molecular formula is C31H50N8O6. The molecule has 0 spiro atoms. The SMILES string of the molecule is CC(C)C[C@H](N)C(=O)N[C@@H](Cc1ccccc1)C(=O)N[C@H](C(=O)N1CCC[C@H]1C(=O)N[C@@H](CCCN=C(N)N)C(=O)O)C(C)C. The van der Waals surface area contributed by atoms with Gasteiger partial charge in [-0.3, -0.25) is 24.2 Å². The molecule has 0 saturated carbocycles. The van der Waals surface area contributed by atoms with Crippen LogP contribution in [0.2, 0.25) is 0 Å². The van der Waals surface area contributed by atoms with Crippen molar-refractivity contribution in [3.05, 3.63) is 35.9 Å². The van der Waals surface area contributed by atoms with E-state index in [0.717, 1.165) is 5.56 Å². The number of carbonyl (C=O) groups is 5. The molecule has 2 rings (SSSR count). The van der Waals surface area contributed by atoms with E-state index in [1.54, 1.807) is 13.8 Å². The van der Waals surface area contributed by atoms with E-state index in [9.17, 15) is 29.1 Å². The summed E-state index contributed by atoms with van der Waals surface area (Å²) < 4.78 is 0. The Bertz CT molecular complexity index is 1190. The second-order valence-corrected chi connectivity index (χ2v) is 12.3. The van der Waals surface area contributed by atoms with Crippen molar-refractivity contribution in [2.75, 3.05) is 13.1 Å². The van der Waals surface area contributed by atoms with Gasteiger partial charge >= 0.3 is 5.97 Å². The van der Waals surface area contributed by atoms with Gasteiger partial charge in [-0.05, 0) is 49.5 Å². The number of nitrogens with two attached hydrogens (primary N) is 3. The molecule has 1 aromatic rings. The van der Waals surface area contributed by atoms with Crippen LogP contribution in [0.4, 0.5) is 0 Å². The molecular weight excluding hydrogens is 580 g/mol. The summed E-state index contributed by atoms with van der Waals surface area (Å²) in [6.45, 7) is 7.92. The molecule has 14 heteroatoms. The third kappa shape index (κ3) is 12.0. The van der Waals surface area contributed by atoms with Crippen molar-refractivity contribution in [3.63, 3.8) is 0 Å². The quantitative estimate of drug-likeness (QED) is 0.0687. The standard InChI is InChI=1S/C31H50N8O6/c1-18(2)16-21(32)26(40)37-23(17-20-10-6-5-7-11-20)27(41)38-25(19(3)4)29(43)39-15-9-13-24(39)28(42)36-22(30(44)45)12-8-14-35-31(33)34/h5-7,10-11,18-19,21-25H,8-9,12-17,32H2,1-4H3,(H,36,42)(H,37,40)(H,38,41)(H,44,45)(H4,33,34,35)/t21-,22-,23-,24-,25-/m0/s1. The van der Waals surface area contributed by atoms with Crippen LogP contribution in [0.15, 0.2) is 35.3 Å². The lowest BCUT2D eigenvalue weighted by Crippen LogP contribution is -2.59. The first kappa shape index (κ1) is 37.0. The zero-order chi connectivity index (χ0) is 33.7. The van der Waals surface area contributed by atoms with Crippen LogP contribution in [-0.2, 0) is 30.4 Å². The lowest BCUT2D eigenvalue weighted by atomic mass is 9.99. The molecule has 4 amide bonds. The Morgan fingerprint density at radius 2 is 1.64 bits per heavy atom. The summed E-state index contributed by atoms with van der Waals surface area (Å²) in [4.78, 5) is 70.7. The Hall–Kier alpha value is -4.20. The van der Waals surface area contributed by atoms with Crippen LogP contribution in [0, 0.1) is 11.8 Å². The maximum atomic E-state index is 13.8. The molecule has 0 bridgehead atoms. The third-order valence-corrected chi connectivity index (χ3v) is 7.61. The van der Waals surface area contributed by atoms with E-state index in [1.807, 2.05) is 44.2 Å². The highest BCUT2D eigenvalue weighted by Crippen LogP contribution is 2.21. The van der Waals surface area contributed by atoms with Gasteiger partial charge in [-0.15, -0.1) is 0 Å². The maximum Gasteiger partial charge on any atom is 0.326 e. The van der Waals surface area contributed by atoms with E-state index < -0.39 is 59.8 Å². The normalized spacial score (nSPS) is 17.2. The number of carboxylic acids is 1.